The number of nitrogens with zero attached hydrogens (tertiary/aromatic N) is 1. The molecule has 6 heteroatoms. The van der Waals surface area contributed by atoms with E-state index in [0.29, 0.717) is 32.9 Å². The first-order chi connectivity index (χ1) is 8.29. The summed E-state index contributed by atoms with van der Waals surface area (Å²) in [4.78, 5) is 13.8. The second-order valence-electron chi connectivity index (χ2n) is 3.84. The largest absolute Gasteiger partial charge is 0.465 e. The SMILES string of the molecule is CCOC(=O)C1CNCCN1CCOCCO. The number of piperazine rings is 1. The van der Waals surface area contributed by atoms with Crippen molar-refractivity contribution in [3.8, 4) is 0 Å². The number of ether oxygens (including phenoxy) is 2. The van der Waals surface area contributed by atoms with E-state index in [0.717, 1.165) is 13.1 Å². The molecule has 1 aliphatic rings. The summed E-state index contributed by atoms with van der Waals surface area (Å²) in [5.74, 6) is -0.179. The molecule has 0 radical (unpaired) electrons. The van der Waals surface area contributed by atoms with E-state index in [9.17, 15) is 4.79 Å². The lowest BCUT2D eigenvalue weighted by atomic mass is 10.2. The number of hydrogen-bond donors (Lipinski definition) is 2. The molecule has 6 nitrogen and oxygen atoms in total. The second-order valence-corrected chi connectivity index (χ2v) is 3.84. The molecule has 0 aliphatic carbocycles. The van der Waals surface area contributed by atoms with Gasteiger partial charge in [-0.1, -0.05) is 0 Å². The predicted molar refractivity (Wildman–Crippen MR) is 62.8 cm³/mol. The standard InChI is InChI=1S/C11H22N2O4/c1-2-17-11(15)10-9-12-3-4-13(10)5-7-16-8-6-14/h10,12,14H,2-9H2,1H3. The summed E-state index contributed by atoms with van der Waals surface area (Å²) in [6, 6.07) is -0.221. The molecule has 2 N–H and O–H groups in total. The van der Waals surface area contributed by atoms with Gasteiger partial charge in [-0.3, -0.25) is 9.69 Å². The van der Waals surface area contributed by atoms with Crippen LogP contribution in [-0.4, -0.2) is 74.6 Å². The molecule has 0 aromatic rings. The minimum Gasteiger partial charge on any atom is -0.465 e. The van der Waals surface area contributed by atoms with Crippen molar-refractivity contribution in [1.29, 1.82) is 0 Å². The maximum absolute atomic E-state index is 11.7. The summed E-state index contributed by atoms with van der Waals surface area (Å²) >= 11 is 0. The van der Waals surface area contributed by atoms with Crippen LogP contribution in [0.3, 0.4) is 0 Å². The minimum atomic E-state index is -0.221. The van der Waals surface area contributed by atoms with Crippen molar-refractivity contribution in [1.82, 2.24) is 10.2 Å². The number of carbonyl (C=O) groups excluding carboxylic acids is 1. The van der Waals surface area contributed by atoms with Crippen molar-refractivity contribution in [2.75, 3.05) is 52.6 Å². The fraction of sp³-hybridized carbons (Fsp3) is 0.909. The Morgan fingerprint density at radius 3 is 3.06 bits per heavy atom. The number of aliphatic hydroxyl groups is 1. The summed E-state index contributed by atoms with van der Waals surface area (Å²) < 4.78 is 10.2. The highest BCUT2D eigenvalue weighted by atomic mass is 16.5. The molecule has 1 saturated heterocycles. The molecule has 0 aromatic carbocycles. The van der Waals surface area contributed by atoms with Gasteiger partial charge in [0.25, 0.3) is 0 Å². The van der Waals surface area contributed by atoms with Crippen LogP contribution in [0.15, 0.2) is 0 Å². The van der Waals surface area contributed by atoms with E-state index < -0.39 is 0 Å². The Morgan fingerprint density at radius 2 is 2.35 bits per heavy atom. The van der Waals surface area contributed by atoms with Crippen LogP contribution in [-0.2, 0) is 14.3 Å². The highest BCUT2D eigenvalue weighted by Gasteiger charge is 2.29. The number of esters is 1. The molecule has 0 spiro atoms. The average Bonchev–Trinajstić information content (AvgIpc) is 2.35. The van der Waals surface area contributed by atoms with E-state index in [1.165, 1.54) is 0 Å². The Bertz CT molecular complexity index is 226. The number of nitrogens with one attached hydrogen (secondary N) is 1. The molecular weight excluding hydrogens is 224 g/mol. The lowest BCUT2D eigenvalue weighted by Crippen LogP contribution is -2.56. The topological polar surface area (TPSA) is 71.0 Å². The maximum Gasteiger partial charge on any atom is 0.324 e. The van der Waals surface area contributed by atoms with E-state index in [4.69, 9.17) is 14.6 Å². The molecule has 1 atom stereocenters. The van der Waals surface area contributed by atoms with Gasteiger partial charge in [-0.25, -0.2) is 0 Å². The average molecular weight is 246 g/mol. The minimum absolute atomic E-state index is 0.0306. The lowest BCUT2D eigenvalue weighted by molar-refractivity contribution is -0.150. The van der Waals surface area contributed by atoms with E-state index in [2.05, 4.69) is 10.2 Å². The van der Waals surface area contributed by atoms with Gasteiger partial charge in [0.15, 0.2) is 0 Å². The van der Waals surface area contributed by atoms with Crippen LogP contribution in [0.1, 0.15) is 6.92 Å². The Morgan fingerprint density at radius 1 is 1.53 bits per heavy atom. The second kappa shape index (κ2) is 8.41. The molecule has 1 aliphatic heterocycles. The molecule has 1 unspecified atom stereocenters. The van der Waals surface area contributed by atoms with Gasteiger partial charge in [0.05, 0.1) is 26.4 Å². The van der Waals surface area contributed by atoms with Gasteiger partial charge in [0.1, 0.15) is 6.04 Å². The zero-order valence-electron chi connectivity index (χ0n) is 10.4. The lowest BCUT2D eigenvalue weighted by Gasteiger charge is -2.34. The summed E-state index contributed by atoms with van der Waals surface area (Å²) in [6.45, 7) is 6.11. The van der Waals surface area contributed by atoms with Crippen molar-refractivity contribution in [3.05, 3.63) is 0 Å². The summed E-state index contributed by atoms with van der Waals surface area (Å²) in [5, 5.41) is 11.8. The van der Waals surface area contributed by atoms with Crippen molar-refractivity contribution in [3.63, 3.8) is 0 Å². The van der Waals surface area contributed by atoms with Gasteiger partial charge >= 0.3 is 5.97 Å². The highest BCUT2D eigenvalue weighted by Crippen LogP contribution is 2.05. The smallest absolute Gasteiger partial charge is 0.324 e. The van der Waals surface area contributed by atoms with Gasteiger partial charge in [-0.15, -0.1) is 0 Å². The molecule has 0 amide bonds. The molecule has 1 heterocycles. The van der Waals surface area contributed by atoms with Crippen molar-refractivity contribution >= 4 is 5.97 Å². The Kier molecular flexibility index (Phi) is 7.11. The summed E-state index contributed by atoms with van der Waals surface area (Å²) in [7, 11) is 0. The molecule has 100 valence electrons. The molecule has 0 bridgehead atoms. The van der Waals surface area contributed by atoms with E-state index in [-0.39, 0.29) is 18.6 Å². The van der Waals surface area contributed by atoms with E-state index >= 15 is 0 Å². The van der Waals surface area contributed by atoms with Gasteiger partial charge in [0, 0.05) is 26.2 Å². The zero-order chi connectivity index (χ0) is 12.5. The van der Waals surface area contributed by atoms with Crippen LogP contribution >= 0.6 is 0 Å². The van der Waals surface area contributed by atoms with Crippen LogP contribution in [0.5, 0.6) is 0 Å². The molecule has 0 aromatic heterocycles. The van der Waals surface area contributed by atoms with E-state index in [1.54, 1.807) is 0 Å². The van der Waals surface area contributed by atoms with Crippen LogP contribution in [0.2, 0.25) is 0 Å². The third kappa shape index (κ3) is 4.99. The van der Waals surface area contributed by atoms with Gasteiger partial charge in [-0.05, 0) is 6.92 Å². The summed E-state index contributed by atoms with van der Waals surface area (Å²) in [5.41, 5.74) is 0. The highest BCUT2D eigenvalue weighted by molar-refractivity contribution is 5.76. The van der Waals surface area contributed by atoms with Gasteiger partial charge < -0.3 is 19.9 Å². The Hall–Kier alpha value is -0.690. The number of aliphatic hydroxyl groups excluding tert-OH is 1. The summed E-state index contributed by atoms with van der Waals surface area (Å²) in [6.07, 6.45) is 0. The quantitative estimate of drug-likeness (QED) is 0.436. The number of hydrogen-bond acceptors (Lipinski definition) is 6. The van der Waals surface area contributed by atoms with Crippen LogP contribution in [0.25, 0.3) is 0 Å². The fourth-order valence-electron chi connectivity index (χ4n) is 1.83. The third-order valence-electron chi connectivity index (χ3n) is 2.67. The third-order valence-corrected chi connectivity index (χ3v) is 2.67. The van der Waals surface area contributed by atoms with Crippen LogP contribution in [0, 0.1) is 0 Å². The van der Waals surface area contributed by atoms with Crippen LogP contribution < -0.4 is 5.32 Å². The molecular formula is C11H22N2O4. The first kappa shape index (κ1) is 14.4. The number of carbonyl (C=O) groups is 1. The van der Waals surface area contributed by atoms with Crippen LogP contribution in [0.4, 0.5) is 0 Å². The maximum atomic E-state index is 11.7. The van der Waals surface area contributed by atoms with Gasteiger partial charge in [-0.2, -0.15) is 0 Å². The fourth-order valence-corrected chi connectivity index (χ4v) is 1.83. The normalized spacial score (nSPS) is 21.4. The molecule has 1 rings (SSSR count). The molecule has 0 saturated carbocycles. The van der Waals surface area contributed by atoms with Gasteiger partial charge in [0.2, 0.25) is 0 Å². The Balaban J connectivity index is 2.34. The predicted octanol–water partition coefficient (Wildman–Crippen LogP) is -1.17. The monoisotopic (exact) mass is 246 g/mol. The first-order valence-electron chi connectivity index (χ1n) is 6.09. The van der Waals surface area contributed by atoms with Crippen molar-refractivity contribution in [2.45, 2.75) is 13.0 Å². The molecule has 1 fully saturated rings. The number of rotatable bonds is 7. The van der Waals surface area contributed by atoms with Crippen molar-refractivity contribution < 1.29 is 19.4 Å². The van der Waals surface area contributed by atoms with Crippen molar-refractivity contribution in [2.24, 2.45) is 0 Å². The molecule has 17 heavy (non-hydrogen) atoms. The first-order valence-corrected chi connectivity index (χ1v) is 6.09. The van der Waals surface area contributed by atoms with E-state index in [1.807, 2.05) is 6.92 Å². The Labute approximate surface area is 102 Å². The zero-order valence-corrected chi connectivity index (χ0v) is 10.4.